The summed E-state index contributed by atoms with van der Waals surface area (Å²) >= 11 is -1.66. The van der Waals surface area contributed by atoms with Gasteiger partial charge >= 0.3 is 174 Å². The van der Waals surface area contributed by atoms with E-state index < -0.39 is 23.4 Å². The van der Waals surface area contributed by atoms with E-state index in [1.165, 1.54) is 23.3 Å². The van der Waals surface area contributed by atoms with Crippen LogP contribution in [0, 0.1) is 0 Å². The molecule has 2 atom stereocenters. The molecule has 0 amide bonds. The third kappa shape index (κ3) is 4.16. The fraction of sp³-hybridized carbons (Fsp3) is 0.348. The van der Waals surface area contributed by atoms with Crippen molar-refractivity contribution in [1.82, 2.24) is 4.98 Å². The normalized spacial score (nSPS) is 18.7. The summed E-state index contributed by atoms with van der Waals surface area (Å²) in [6, 6.07) is 20.5. The average molecular weight is 491 g/mol. The topological polar surface area (TPSA) is 50.7 Å². The quantitative estimate of drug-likeness (QED) is 0.394. The molecule has 2 unspecified atom stereocenters. The van der Waals surface area contributed by atoms with Gasteiger partial charge in [0, 0.05) is 0 Å². The van der Waals surface area contributed by atoms with Crippen molar-refractivity contribution in [2.45, 2.75) is 29.5 Å². The second-order valence-corrected chi connectivity index (χ2v) is 13.8. The Morgan fingerprint density at radius 3 is 2.32 bits per heavy atom. The zero-order valence-corrected chi connectivity index (χ0v) is 18.4. The minimum absolute atomic E-state index is 0.508. The molecular formula is C23H28IN2O2+. The summed E-state index contributed by atoms with van der Waals surface area (Å²) < 4.78 is 7.51. The summed E-state index contributed by atoms with van der Waals surface area (Å²) in [7, 11) is 2.16. The Kier molecular flexibility index (Phi) is 6.13. The summed E-state index contributed by atoms with van der Waals surface area (Å²) in [5.74, 6) is 1.35. The first-order chi connectivity index (χ1) is 13.7. The van der Waals surface area contributed by atoms with E-state index in [0.717, 1.165) is 33.3 Å². The van der Waals surface area contributed by atoms with Gasteiger partial charge in [0.2, 0.25) is 0 Å². The van der Waals surface area contributed by atoms with Crippen molar-refractivity contribution in [2.75, 3.05) is 15.9 Å². The Labute approximate surface area is 174 Å². The van der Waals surface area contributed by atoms with Crippen LogP contribution in [0.5, 0.6) is 0 Å². The number of aliphatic hydroxyl groups is 1. The van der Waals surface area contributed by atoms with Crippen molar-refractivity contribution in [3.05, 3.63) is 89.6 Å². The second-order valence-electron chi connectivity index (χ2n) is 7.46. The Morgan fingerprint density at radius 2 is 1.64 bits per heavy atom. The van der Waals surface area contributed by atoms with Crippen molar-refractivity contribution < 1.29 is 14.4 Å². The van der Waals surface area contributed by atoms with Crippen LogP contribution in [-0.4, -0.2) is 26.0 Å². The van der Waals surface area contributed by atoms with Crippen molar-refractivity contribution in [1.29, 1.82) is 0 Å². The van der Waals surface area contributed by atoms with E-state index in [4.69, 9.17) is 4.42 Å². The van der Waals surface area contributed by atoms with Gasteiger partial charge in [-0.05, 0) is 0 Å². The summed E-state index contributed by atoms with van der Waals surface area (Å²) in [5, 5.41) is 11.8. The third-order valence-electron chi connectivity index (χ3n) is 5.18. The van der Waals surface area contributed by atoms with Crippen molar-refractivity contribution in [2.24, 2.45) is 0 Å². The first kappa shape index (κ1) is 19.6. The molecule has 28 heavy (non-hydrogen) atoms. The summed E-state index contributed by atoms with van der Waals surface area (Å²) in [4.78, 5) is 5.91. The molecular weight excluding hydrogens is 463 g/mol. The molecule has 148 valence electrons. The van der Waals surface area contributed by atoms with Crippen LogP contribution in [0.1, 0.15) is 35.6 Å². The van der Waals surface area contributed by atoms with Gasteiger partial charge in [-0.15, -0.1) is 0 Å². The first-order valence-electron chi connectivity index (χ1n) is 9.86. The second kappa shape index (κ2) is 8.76. The maximum atomic E-state index is 11.8. The number of benzene rings is 2. The maximum absolute atomic E-state index is 11.8. The van der Waals surface area contributed by atoms with E-state index in [-0.39, 0.29) is 0 Å². The molecule has 1 fully saturated rings. The Hall–Kier alpha value is -1.70. The molecule has 1 aromatic heterocycles. The number of hydrogen-bond acceptors (Lipinski definition) is 3. The Bertz CT molecular complexity index is 878. The van der Waals surface area contributed by atoms with E-state index in [1.54, 1.807) is 0 Å². The van der Waals surface area contributed by atoms with Gasteiger partial charge in [-0.1, -0.05) is 0 Å². The molecule has 4 nitrogen and oxygen atoms in total. The van der Waals surface area contributed by atoms with Gasteiger partial charge in [0.25, 0.3) is 0 Å². The summed E-state index contributed by atoms with van der Waals surface area (Å²) in [5.41, 5.74) is 2.25. The van der Waals surface area contributed by atoms with Crippen LogP contribution in [-0.2, 0) is 16.7 Å². The van der Waals surface area contributed by atoms with Crippen molar-refractivity contribution in [3.63, 3.8) is 0 Å². The van der Waals surface area contributed by atoms with Crippen LogP contribution >= 0.6 is 19.8 Å². The number of alkyl halides is 3. The van der Waals surface area contributed by atoms with E-state index >= 15 is 0 Å². The number of aromatic nitrogens is 1. The number of nitrogens with one attached hydrogen (secondary N) is 1. The standard InChI is InChI=1S/C23H27IN2O2/c1-26(17-19-10-4-2-5-11-19)18-21-16-25-22(28-21)23(27,24-14-8-9-15-24)20-12-6-3-7-13-20/h2-7,10-13,16,27H,8-9,14-15,17-18H2,1H3/p+1. The van der Waals surface area contributed by atoms with Crippen LogP contribution < -0.4 is 4.90 Å². The minimum atomic E-state index is -1.66. The van der Waals surface area contributed by atoms with Crippen LogP contribution in [0.3, 0.4) is 0 Å². The van der Waals surface area contributed by atoms with Crippen LogP contribution in [0.4, 0.5) is 0 Å². The molecule has 2 N–H and O–H groups in total. The molecule has 0 aliphatic carbocycles. The zero-order chi connectivity index (χ0) is 19.4. The summed E-state index contributed by atoms with van der Waals surface area (Å²) in [6.07, 6.45) is 4.25. The molecule has 2 heterocycles. The molecule has 1 saturated heterocycles. The zero-order valence-electron chi connectivity index (χ0n) is 16.3. The van der Waals surface area contributed by atoms with E-state index in [1.807, 2.05) is 42.6 Å². The molecule has 3 aromatic rings. The van der Waals surface area contributed by atoms with Crippen LogP contribution in [0.15, 0.2) is 71.3 Å². The Morgan fingerprint density at radius 1 is 1.00 bits per heavy atom. The number of nitrogens with zero attached hydrogens (tertiary/aromatic N) is 1. The molecule has 0 radical (unpaired) electrons. The molecule has 0 spiro atoms. The first-order valence-corrected chi connectivity index (χ1v) is 14.0. The van der Waals surface area contributed by atoms with E-state index in [0.29, 0.717) is 5.89 Å². The van der Waals surface area contributed by atoms with Crippen LogP contribution in [0.25, 0.3) is 0 Å². The molecule has 0 bridgehead atoms. The van der Waals surface area contributed by atoms with E-state index in [9.17, 15) is 5.11 Å². The predicted octanol–water partition coefficient (Wildman–Crippen LogP) is 3.38. The van der Waals surface area contributed by atoms with Gasteiger partial charge in [-0.2, -0.15) is 0 Å². The Balaban J connectivity index is 1.55. The van der Waals surface area contributed by atoms with Gasteiger partial charge in [0.15, 0.2) is 0 Å². The molecule has 0 saturated carbocycles. The predicted molar refractivity (Wildman–Crippen MR) is 120 cm³/mol. The molecule has 2 aromatic carbocycles. The number of oxazole rings is 1. The van der Waals surface area contributed by atoms with Gasteiger partial charge < -0.3 is 0 Å². The van der Waals surface area contributed by atoms with Crippen LogP contribution in [0.2, 0.25) is 0 Å². The number of quaternary nitrogens is 1. The van der Waals surface area contributed by atoms with Gasteiger partial charge in [-0.3, -0.25) is 0 Å². The number of halogens is 1. The van der Waals surface area contributed by atoms with Gasteiger partial charge in [-0.25, -0.2) is 0 Å². The number of rotatable bonds is 7. The molecule has 5 heteroatoms. The number of hydrogen-bond donors (Lipinski definition) is 2. The molecule has 4 rings (SSSR count). The van der Waals surface area contributed by atoms with Crippen molar-refractivity contribution >= 4 is 19.8 Å². The SMILES string of the molecule is C[NH+](Cc1ccccc1)Cc1cnc(C(O)(c2ccccc2)I2CCCC2)o1. The molecule has 1 aliphatic heterocycles. The average Bonchev–Trinajstić information content (AvgIpc) is 3.41. The third-order valence-corrected chi connectivity index (χ3v) is 12.6. The van der Waals surface area contributed by atoms with Gasteiger partial charge in [0.1, 0.15) is 0 Å². The van der Waals surface area contributed by atoms with Crippen molar-refractivity contribution in [3.8, 4) is 0 Å². The fourth-order valence-corrected chi connectivity index (χ4v) is 10.9. The monoisotopic (exact) mass is 491 g/mol. The summed E-state index contributed by atoms with van der Waals surface area (Å²) in [6.45, 7) is 1.68. The van der Waals surface area contributed by atoms with E-state index in [2.05, 4.69) is 36.3 Å². The fourth-order valence-electron chi connectivity index (χ4n) is 3.78. The molecule has 1 aliphatic rings. The van der Waals surface area contributed by atoms with Gasteiger partial charge in [0.05, 0.1) is 0 Å².